The zero-order valence-corrected chi connectivity index (χ0v) is 13.2. The Morgan fingerprint density at radius 2 is 2.05 bits per heavy atom. The summed E-state index contributed by atoms with van der Waals surface area (Å²) in [6.45, 7) is 4.06. The number of aryl methyl sites for hydroxylation is 2. The standard InChI is InChI=1S/C17H16N2O2S/c1-11-9-21-12(2)15(11)16(20)18-8-14-10-22-17(19-14)13-6-4-3-5-7-13/h3-7,9-10H,8H2,1-2H3,(H,18,20). The fourth-order valence-corrected chi connectivity index (χ4v) is 3.10. The molecule has 0 bridgehead atoms. The van der Waals surface area contributed by atoms with Crippen molar-refractivity contribution in [1.29, 1.82) is 0 Å². The van der Waals surface area contributed by atoms with Gasteiger partial charge in [-0.05, 0) is 13.8 Å². The largest absolute Gasteiger partial charge is 0.469 e. The Kier molecular flexibility index (Phi) is 4.06. The molecule has 5 heteroatoms. The molecule has 0 saturated carbocycles. The lowest BCUT2D eigenvalue weighted by Crippen LogP contribution is -2.23. The Morgan fingerprint density at radius 1 is 1.27 bits per heavy atom. The lowest BCUT2D eigenvalue weighted by Gasteiger charge is -2.03. The molecule has 112 valence electrons. The minimum absolute atomic E-state index is 0.127. The van der Waals surface area contributed by atoms with Gasteiger partial charge in [0.15, 0.2) is 0 Å². The van der Waals surface area contributed by atoms with Crippen LogP contribution in [0.25, 0.3) is 10.6 Å². The average Bonchev–Trinajstić information content (AvgIpc) is 3.13. The van der Waals surface area contributed by atoms with Crippen LogP contribution in [0.4, 0.5) is 0 Å². The fraction of sp³-hybridized carbons (Fsp3) is 0.176. The van der Waals surface area contributed by atoms with Crippen molar-refractivity contribution in [2.45, 2.75) is 20.4 Å². The monoisotopic (exact) mass is 312 g/mol. The normalized spacial score (nSPS) is 10.6. The number of amides is 1. The highest BCUT2D eigenvalue weighted by molar-refractivity contribution is 7.13. The molecule has 0 spiro atoms. The van der Waals surface area contributed by atoms with E-state index < -0.39 is 0 Å². The first-order valence-corrected chi connectivity index (χ1v) is 7.86. The van der Waals surface area contributed by atoms with Gasteiger partial charge in [0.1, 0.15) is 10.8 Å². The molecule has 0 radical (unpaired) electrons. The molecule has 0 saturated heterocycles. The van der Waals surface area contributed by atoms with Crippen LogP contribution in [0.15, 0.2) is 46.4 Å². The van der Waals surface area contributed by atoms with Gasteiger partial charge in [-0.1, -0.05) is 30.3 Å². The van der Waals surface area contributed by atoms with Crippen LogP contribution in [0, 0.1) is 13.8 Å². The summed E-state index contributed by atoms with van der Waals surface area (Å²) < 4.78 is 5.26. The summed E-state index contributed by atoms with van der Waals surface area (Å²) in [7, 11) is 0. The second-order valence-electron chi connectivity index (χ2n) is 5.04. The summed E-state index contributed by atoms with van der Waals surface area (Å²) in [6, 6.07) is 10.0. The van der Waals surface area contributed by atoms with Gasteiger partial charge in [0, 0.05) is 16.5 Å². The Hall–Kier alpha value is -2.40. The summed E-state index contributed by atoms with van der Waals surface area (Å²) in [5.74, 6) is 0.510. The van der Waals surface area contributed by atoms with Gasteiger partial charge in [-0.3, -0.25) is 4.79 Å². The predicted octanol–water partition coefficient (Wildman–Crippen LogP) is 3.95. The summed E-state index contributed by atoms with van der Waals surface area (Å²) in [5, 5.41) is 5.82. The van der Waals surface area contributed by atoms with Gasteiger partial charge in [-0.2, -0.15) is 0 Å². The molecule has 2 aromatic heterocycles. The molecule has 3 aromatic rings. The molecule has 2 heterocycles. The molecule has 1 amide bonds. The quantitative estimate of drug-likeness (QED) is 0.793. The number of carbonyl (C=O) groups is 1. The smallest absolute Gasteiger partial charge is 0.255 e. The highest BCUT2D eigenvalue weighted by atomic mass is 32.1. The topological polar surface area (TPSA) is 55.1 Å². The number of nitrogens with zero attached hydrogens (tertiary/aromatic N) is 1. The maximum Gasteiger partial charge on any atom is 0.255 e. The van der Waals surface area contributed by atoms with Crippen molar-refractivity contribution in [3.8, 4) is 10.6 Å². The van der Waals surface area contributed by atoms with Crippen LogP contribution in [0.1, 0.15) is 27.4 Å². The molecular weight excluding hydrogens is 296 g/mol. The Morgan fingerprint density at radius 3 is 2.73 bits per heavy atom. The van der Waals surface area contributed by atoms with E-state index in [9.17, 15) is 4.79 Å². The minimum Gasteiger partial charge on any atom is -0.469 e. The van der Waals surface area contributed by atoms with Crippen LogP contribution < -0.4 is 5.32 Å². The van der Waals surface area contributed by atoms with E-state index in [-0.39, 0.29) is 5.91 Å². The van der Waals surface area contributed by atoms with Crippen LogP contribution in [0.5, 0.6) is 0 Å². The van der Waals surface area contributed by atoms with Gasteiger partial charge in [0.05, 0.1) is 24.1 Å². The lowest BCUT2D eigenvalue weighted by atomic mass is 10.1. The molecule has 1 N–H and O–H groups in total. The number of hydrogen-bond acceptors (Lipinski definition) is 4. The second kappa shape index (κ2) is 6.15. The van der Waals surface area contributed by atoms with Crippen LogP contribution in [-0.2, 0) is 6.54 Å². The van der Waals surface area contributed by atoms with E-state index in [4.69, 9.17) is 4.42 Å². The highest BCUT2D eigenvalue weighted by Gasteiger charge is 2.15. The molecule has 0 unspecified atom stereocenters. The van der Waals surface area contributed by atoms with Gasteiger partial charge in [-0.15, -0.1) is 11.3 Å². The van der Waals surface area contributed by atoms with E-state index in [1.165, 1.54) is 0 Å². The first-order valence-electron chi connectivity index (χ1n) is 6.98. The minimum atomic E-state index is -0.127. The second-order valence-corrected chi connectivity index (χ2v) is 5.90. The molecule has 0 aliphatic rings. The van der Waals surface area contributed by atoms with Crippen molar-refractivity contribution in [2.75, 3.05) is 0 Å². The molecule has 4 nitrogen and oxygen atoms in total. The number of benzene rings is 1. The summed E-state index contributed by atoms with van der Waals surface area (Å²) in [6.07, 6.45) is 1.60. The highest BCUT2D eigenvalue weighted by Crippen LogP contribution is 2.23. The van der Waals surface area contributed by atoms with Crippen molar-refractivity contribution in [3.05, 3.63) is 64.6 Å². The third-order valence-electron chi connectivity index (χ3n) is 3.39. The van der Waals surface area contributed by atoms with E-state index in [2.05, 4.69) is 10.3 Å². The van der Waals surface area contributed by atoms with Crippen molar-refractivity contribution in [1.82, 2.24) is 10.3 Å². The van der Waals surface area contributed by atoms with Gasteiger partial charge in [0.2, 0.25) is 0 Å². The fourth-order valence-electron chi connectivity index (χ4n) is 2.27. The molecule has 3 rings (SSSR count). The van der Waals surface area contributed by atoms with E-state index >= 15 is 0 Å². The van der Waals surface area contributed by atoms with Crippen LogP contribution >= 0.6 is 11.3 Å². The summed E-state index contributed by atoms with van der Waals surface area (Å²) in [4.78, 5) is 16.8. The zero-order valence-electron chi connectivity index (χ0n) is 12.4. The van der Waals surface area contributed by atoms with Gasteiger partial charge in [-0.25, -0.2) is 4.98 Å². The molecule has 0 aliphatic carbocycles. The number of furan rings is 1. The first kappa shape index (κ1) is 14.5. The van der Waals surface area contributed by atoms with Crippen LogP contribution in [-0.4, -0.2) is 10.9 Å². The number of rotatable bonds is 4. The van der Waals surface area contributed by atoms with Crippen molar-refractivity contribution >= 4 is 17.2 Å². The van der Waals surface area contributed by atoms with E-state index in [0.29, 0.717) is 17.9 Å². The maximum atomic E-state index is 12.2. The van der Waals surface area contributed by atoms with E-state index in [1.807, 2.05) is 42.6 Å². The average molecular weight is 312 g/mol. The third kappa shape index (κ3) is 2.94. The predicted molar refractivity (Wildman–Crippen MR) is 86.9 cm³/mol. The Bertz CT molecular complexity index is 771. The number of hydrogen-bond donors (Lipinski definition) is 1. The van der Waals surface area contributed by atoms with Gasteiger partial charge >= 0.3 is 0 Å². The van der Waals surface area contributed by atoms with E-state index in [0.717, 1.165) is 21.8 Å². The zero-order chi connectivity index (χ0) is 15.5. The summed E-state index contributed by atoms with van der Waals surface area (Å²) >= 11 is 1.58. The van der Waals surface area contributed by atoms with Gasteiger partial charge in [0.25, 0.3) is 5.91 Å². The number of nitrogens with one attached hydrogen (secondary N) is 1. The van der Waals surface area contributed by atoms with Crippen LogP contribution in [0.3, 0.4) is 0 Å². The van der Waals surface area contributed by atoms with Crippen molar-refractivity contribution < 1.29 is 9.21 Å². The molecule has 0 fully saturated rings. The Labute approximate surface area is 132 Å². The van der Waals surface area contributed by atoms with E-state index in [1.54, 1.807) is 24.5 Å². The number of thiazole rings is 1. The molecule has 0 aliphatic heterocycles. The van der Waals surface area contributed by atoms with Gasteiger partial charge < -0.3 is 9.73 Å². The third-order valence-corrected chi connectivity index (χ3v) is 4.33. The Balaban J connectivity index is 1.68. The van der Waals surface area contributed by atoms with Crippen molar-refractivity contribution in [3.63, 3.8) is 0 Å². The lowest BCUT2D eigenvalue weighted by molar-refractivity contribution is 0.0948. The summed E-state index contributed by atoms with van der Waals surface area (Å²) in [5.41, 5.74) is 3.40. The molecule has 22 heavy (non-hydrogen) atoms. The number of carbonyl (C=O) groups excluding carboxylic acids is 1. The number of aromatic nitrogens is 1. The molecule has 0 atom stereocenters. The maximum absolute atomic E-state index is 12.2. The van der Waals surface area contributed by atoms with Crippen LogP contribution in [0.2, 0.25) is 0 Å². The van der Waals surface area contributed by atoms with Crippen molar-refractivity contribution in [2.24, 2.45) is 0 Å². The SMILES string of the molecule is Cc1coc(C)c1C(=O)NCc1csc(-c2ccccc2)n1. The first-order chi connectivity index (χ1) is 10.6. The molecule has 1 aromatic carbocycles. The molecular formula is C17H16N2O2S.